The van der Waals surface area contributed by atoms with Crippen LogP contribution in [0.4, 0.5) is 0 Å². The normalized spacial score (nSPS) is 11.8. The topological polar surface area (TPSA) is 34.1 Å². The fourth-order valence-corrected chi connectivity index (χ4v) is 2.36. The van der Waals surface area contributed by atoms with Crippen LogP contribution in [-0.4, -0.2) is 16.3 Å². The van der Waals surface area contributed by atoms with Crippen LogP contribution < -0.4 is 5.46 Å². The lowest BCUT2D eigenvalue weighted by Gasteiger charge is -2.03. The third-order valence-electron chi connectivity index (χ3n) is 2.35. The maximum atomic E-state index is 11.1. The zero-order chi connectivity index (χ0) is 11.1. The Hall–Kier alpha value is -0.995. The van der Waals surface area contributed by atoms with Crippen LogP contribution in [0.25, 0.3) is 10.8 Å². The fraction of sp³-hybridized carbons (Fsp3) is 0. The van der Waals surface area contributed by atoms with Crippen LogP contribution in [0, 0.1) is 0 Å². The summed E-state index contributed by atoms with van der Waals surface area (Å²) < 4.78 is 22.3. The molecule has 76 valence electrons. The van der Waals surface area contributed by atoms with Crippen LogP contribution in [-0.2, 0) is 9.05 Å². The number of hydrogen-bond acceptors (Lipinski definition) is 2. The highest BCUT2D eigenvalue weighted by atomic mass is 35.7. The van der Waals surface area contributed by atoms with Gasteiger partial charge in [-0.2, -0.15) is 0 Å². The molecule has 15 heavy (non-hydrogen) atoms. The first-order valence-corrected chi connectivity index (χ1v) is 6.73. The van der Waals surface area contributed by atoms with E-state index in [1.54, 1.807) is 12.1 Å². The third kappa shape index (κ3) is 2.01. The first-order chi connectivity index (χ1) is 6.98. The van der Waals surface area contributed by atoms with Gasteiger partial charge in [-0.15, -0.1) is 0 Å². The highest BCUT2D eigenvalue weighted by Gasteiger charge is 2.10. The number of rotatable bonds is 1. The Kier molecular flexibility index (Phi) is 2.48. The maximum absolute atomic E-state index is 11.1. The SMILES string of the molecule is Bc1cccc2cc(S(=O)(=O)Cl)ccc12. The number of benzene rings is 2. The predicted octanol–water partition coefficient (Wildman–Crippen LogP) is 1.03. The summed E-state index contributed by atoms with van der Waals surface area (Å²) in [6.07, 6.45) is 0. The Morgan fingerprint density at radius 3 is 2.53 bits per heavy atom. The molecule has 0 spiro atoms. The van der Waals surface area contributed by atoms with Crippen molar-refractivity contribution in [3.8, 4) is 0 Å². The molecule has 2 aromatic carbocycles. The van der Waals surface area contributed by atoms with Crippen molar-refractivity contribution < 1.29 is 8.42 Å². The molecule has 5 heteroatoms. The number of fused-ring (bicyclic) bond motifs is 1. The molecule has 2 nitrogen and oxygen atoms in total. The molecule has 0 radical (unpaired) electrons. The van der Waals surface area contributed by atoms with Crippen molar-refractivity contribution in [1.29, 1.82) is 0 Å². The van der Waals surface area contributed by atoms with Gasteiger partial charge in [-0.25, -0.2) is 8.42 Å². The van der Waals surface area contributed by atoms with Crippen LogP contribution in [0.1, 0.15) is 0 Å². The second kappa shape index (κ2) is 3.54. The minimum atomic E-state index is -3.63. The molecule has 0 fully saturated rings. The van der Waals surface area contributed by atoms with Crippen molar-refractivity contribution in [2.45, 2.75) is 4.90 Å². The van der Waals surface area contributed by atoms with E-state index in [0.29, 0.717) is 0 Å². The van der Waals surface area contributed by atoms with Crippen molar-refractivity contribution in [1.82, 2.24) is 0 Å². The Bertz CT molecular complexity index is 622. The van der Waals surface area contributed by atoms with Gasteiger partial charge < -0.3 is 0 Å². The van der Waals surface area contributed by atoms with Gasteiger partial charge in [0.15, 0.2) is 0 Å². The van der Waals surface area contributed by atoms with Gasteiger partial charge in [0.05, 0.1) is 4.90 Å². The van der Waals surface area contributed by atoms with E-state index in [0.717, 1.165) is 16.2 Å². The molecule has 0 saturated heterocycles. The van der Waals surface area contributed by atoms with Gasteiger partial charge in [0, 0.05) is 10.7 Å². The van der Waals surface area contributed by atoms with E-state index in [1.165, 1.54) is 6.07 Å². The molecule has 0 atom stereocenters. The molecule has 0 amide bonds. The molecule has 0 heterocycles. The van der Waals surface area contributed by atoms with Crippen LogP contribution in [0.5, 0.6) is 0 Å². The molecule has 0 bridgehead atoms. The average Bonchev–Trinajstić information content (AvgIpc) is 2.16. The molecule has 2 rings (SSSR count). The van der Waals surface area contributed by atoms with Gasteiger partial charge in [0.2, 0.25) is 0 Å². The lowest BCUT2D eigenvalue weighted by Crippen LogP contribution is -2.03. The van der Waals surface area contributed by atoms with E-state index >= 15 is 0 Å². The summed E-state index contributed by atoms with van der Waals surface area (Å²) in [4.78, 5) is 0.141. The quantitative estimate of drug-likeness (QED) is 0.549. The Morgan fingerprint density at radius 1 is 1.13 bits per heavy atom. The molecule has 0 aliphatic rings. The van der Waals surface area contributed by atoms with Crippen molar-refractivity contribution in [3.05, 3.63) is 36.4 Å². The van der Waals surface area contributed by atoms with Crippen LogP contribution in [0.2, 0.25) is 0 Å². The summed E-state index contributed by atoms with van der Waals surface area (Å²) in [5.41, 5.74) is 1.12. The standard InChI is InChI=1S/C10H8BClO2S/c11-10-3-1-2-7-6-8(15(12,13)14)4-5-9(7)10/h1-6H,11H2. The minimum Gasteiger partial charge on any atom is -0.207 e. The Balaban J connectivity index is 2.79. The zero-order valence-corrected chi connectivity index (χ0v) is 9.64. The van der Waals surface area contributed by atoms with E-state index < -0.39 is 9.05 Å². The largest absolute Gasteiger partial charge is 0.261 e. The van der Waals surface area contributed by atoms with Gasteiger partial charge >= 0.3 is 0 Å². The monoisotopic (exact) mass is 238 g/mol. The van der Waals surface area contributed by atoms with Gasteiger partial charge in [0.25, 0.3) is 9.05 Å². The Labute approximate surface area is 93.7 Å². The minimum absolute atomic E-state index is 0.141. The average molecular weight is 239 g/mol. The first-order valence-electron chi connectivity index (χ1n) is 4.42. The van der Waals surface area contributed by atoms with Gasteiger partial charge in [-0.3, -0.25) is 0 Å². The van der Waals surface area contributed by atoms with Gasteiger partial charge in [0.1, 0.15) is 7.85 Å². The van der Waals surface area contributed by atoms with E-state index in [4.69, 9.17) is 10.7 Å². The molecule has 0 N–H and O–H groups in total. The summed E-state index contributed by atoms with van der Waals surface area (Å²) in [5, 5.41) is 1.93. The van der Waals surface area contributed by atoms with Crippen LogP contribution in [0.3, 0.4) is 0 Å². The van der Waals surface area contributed by atoms with Gasteiger partial charge in [-0.05, 0) is 22.9 Å². The molecule has 0 aliphatic heterocycles. The van der Waals surface area contributed by atoms with E-state index in [9.17, 15) is 8.42 Å². The summed E-state index contributed by atoms with van der Waals surface area (Å²) in [7, 11) is 3.62. The van der Waals surface area contributed by atoms with Crippen molar-refractivity contribution >= 4 is 43.8 Å². The molecular formula is C10H8BClO2S. The van der Waals surface area contributed by atoms with Crippen molar-refractivity contribution in [3.63, 3.8) is 0 Å². The highest BCUT2D eigenvalue weighted by Crippen LogP contribution is 2.20. The van der Waals surface area contributed by atoms with Crippen molar-refractivity contribution in [2.24, 2.45) is 0 Å². The van der Waals surface area contributed by atoms with Crippen LogP contribution >= 0.6 is 10.7 Å². The number of halogens is 1. The van der Waals surface area contributed by atoms with E-state index in [2.05, 4.69) is 0 Å². The molecule has 2 aromatic rings. The zero-order valence-electron chi connectivity index (χ0n) is 8.07. The molecule has 0 saturated carbocycles. The van der Waals surface area contributed by atoms with Crippen molar-refractivity contribution in [2.75, 3.05) is 0 Å². The van der Waals surface area contributed by atoms with E-state index in [-0.39, 0.29) is 4.90 Å². The molecule has 0 aromatic heterocycles. The van der Waals surface area contributed by atoms with Gasteiger partial charge in [-0.1, -0.05) is 29.7 Å². The maximum Gasteiger partial charge on any atom is 0.261 e. The molecular weight excluding hydrogens is 230 g/mol. The molecule has 0 aliphatic carbocycles. The lowest BCUT2D eigenvalue weighted by molar-refractivity contribution is 0.609. The fourth-order valence-electron chi connectivity index (χ4n) is 1.58. The second-order valence-electron chi connectivity index (χ2n) is 3.40. The Morgan fingerprint density at radius 2 is 1.87 bits per heavy atom. The third-order valence-corrected chi connectivity index (χ3v) is 3.70. The summed E-state index contributed by atoms with van der Waals surface area (Å²) >= 11 is 0. The lowest BCUT2D eigenvalue weighted by atomic mass is 9.90. The van der Waals surface area contributed by atoms with Crippen LogP contribution in [0.15, 0.2) is 41.3 Å². The first kappa shape index (κ1) is 10.5. The smallest absolute Gasteiger partial charge is 0.207 e. The summed E-state index contributed by atoms with van der Waals surface area (Å²) in [6, 6.07) is 10.6. The highest BCUT2D eigenvalue weighted by molar-refractivity contribution is 8.13. The number of hydrogen-bond donors (Lipinski definition) is 0. The molecule has 0 unspecified atom stereocenters. The predicted molar refractivity (Wildman–Crippen MR) is 65.2 cm³/mol. The summed E-state index contributed by atoms with van der Waals surface area (Å²) in [5.74, 6) is 0. The van der Waals surface area contributed by atoms with E-state index in [1.807, 2.05) is 26.0 Å². The second-order valence-corrected chi connectivity index (χ2v) is 5.96. The summed E-state index contributed by atoms with van der Waals surface area (Å²) in [6.45, 7) is 0.